The van der Waals surface area contributed by atoms with Gasteiger partial charge in [0.2, 0.25) is 0 Å². The van der Waals surface area contributed by atoms with Crippen LogP contribution in [0, 0.1) is 0 Å². The summed E-state index contributed by atoms with van der Waals surface area (Å²) in [5.74, 6) is 0.753. The van der Waals surface area contributed by atoms with Crippen molar-refractivity contribution in [3.63, 3.8) is 0 Å². The Kier molecular flexibility index (Phi) is 3.41. The van der Waals surface area contributed by atoms with Crippen LogP contribution in [0.2, 0.25) is 5.02 Å². The van der Waals surface area contributed by atoms with Gasteiger partial charge in [-0.1, -0.05) is 11.6 Å². The molecule has 0 radical (unpaired) electrons. The van der Waals surface area contributed by atoms with Crippen molar-refractivity contribution >= 4 is 11.6 Å². The van der Waals surface area contributed by atoms with Crippen molar-refractivity contribution in [3.8, 4) is 5.75 Å². The normalized spacial score (nSPS) is 12.5. The molecular weight excluding hydrogens is 236 g/mol. The number of aromatic nitrogens is 1. The van der Waals surface area contributed by atoms with Crippen LogP contribution in [0.1, 0.15) is 17.3 Å². The van der Waals surface area contributed by atoms with E-state index in [1.54, 1.807) is 13.2 Å². The molecule has 1 atom stereocenters. The fourth-order valence-electron chi connectivity index (χ4n) is 1.90. The standard InChI is InChI=1S/C13H15ClN2O/c1-16-7-3-4-11(16)13(15)10-8-9(14)5-6-12(10)17-2/h3-8,13H,15H2,1-2H3. The lowest BCUT2D eigenvalue weighted by atomic mass is 10.0. The van der Waals surface area contributed by atoms with Gasteiger partial charge in [0.05, 0.1) is 13.2 Å². The highest BCUT2D eigenvalue weighted by atomic mass is 35.5. The summed E-state index contributed by atoms with van der Waals surface area (Å²) in [6.45, 7) is 0. The van der Waals surface area contributed by atoms with Crippen LogP contribution in [0.25, 0.3) is 0 Å². The third-order valence-corrected chi connectivity index (χ3v) is 3.06. The van der Waals surface area contributed by atoms with E-state index in [1.807, 2.05) is 42.1 Å². The van der Waals surface area contributed by atoms with Crippen molar-refractivity contribution < 1.29 is 4.74 Å². The highest BCUT2D eigenvalue weighted by molar-refractivity contribution is 6.30. The van der Waals surface area contributed by atoms with Crippen molar-refractivity contribution in [1.29, 1.82) is 0 Å². The zero-order valence-corrected chi connectivity index (χ0v) is 10.6. The lowest BCUT2D eigenvalue weighted by Gasteiger charge is -2.17. The Morgan fingerprint density at radius 3 is 2.71 bits per heavy atom. The van der Waals surface area contributed by atoms with Crippen molar-refractivity contribution in [3.05, 3.63) is 52.8 Å². The molecule has 0 amide bonds. The molecule has 0 fully saturated rings. The number of aryl methyl sites for hydroxylation is 1. The summed E-state index contributed by atoms with van der Waals surface area (Å²) in [6, 6.07) is 9.18. The van der Waals surface area contributed by atoms with Crippen molar-refractivity contribution in [2.75, 3.05) is 7.11 Å². The molecule has 0 saturated carbocycles. The Morgan fingerprint density at radius 1 is 1.35 bits per heavy atom. The summed E-state index contributed by atoms with van der Waals surface area (Å²) in [5, 5.41) is 0.658. The van der Waals surface area contributed by atoms with Crippen LogP contribution < -0.4 is 10.5 Å². The minimum Gasteiger partial charge on any atom is -0.496 e. The van der Waals surface area contributed by atoms with Crippen LogP contribution in [0.4, 0.5) is 0 Å². The Morgan fingerprint density at radius 2 is 2.12 bits per heavy atom. The molecule has 0 bridgehead atoms. The fourth-order valence-corrected chi connectivity index (χ4v) is 2.09. The van der Waals surface area contributed by atoms with Gasteiger partial charge in [-0.15, -0.1) is 0 Å². The van der Waals surface area contributed by atoms with E-state index >= 15 is 0 Å². The molecule has 0 aliphatic heterocycles. The van der Waals surface area contributed by atoms with Gasteiger partial charge in [0.15, 0.2) is 0 Å². The largest absolute Gasteiger partial charge is 0.496 e. The number of nitrogens with zero attached hydrogens (tertiary/aromatic N) is 1. The maximum absolute atomic E-state index is 6.25. The first-order chi connectivity index (χ1) is 8.13. The molecule has 0 aliphatic rings. The highest BCUT2D eigenvalue weighted by Crippen LogP contribution is 2.30. The summed E-state index contributed by atoms with van der Waals surface area (Å²) in [5.41, 5.74) is 8.16. The number of methoxy groups -OCH3 is 1. The summed E-state index contributed by atoms with van der Waals surface area (Å²) in [6.07, 6.45) is 1.96. The second-order valence-corrected chi connectivity index (χ2v) is 4.34. The van der Waals surface area contributed by atoms with E-state index in [-0.39, 0.29) is 6.04 Å². The maximum atomic E-state index is 6.25. The SMILES string of the molecule is COc1ccc(Cl)cc1C(N)c1cccn1C. The molecule has 1 aromatic carbocycles. The number of hydrogen-bond donors (Lipinski definition) is 1. The second kappa shape index (κ2) is 4.82. The third kappa shape index (κ3) is 2.30. The summed E-state index contributed by atoms with van der Waals surface area (Å²) < 4.78 is 7.30. The third-order valence-electron chi connectivity index (χ3n) is 2.83. The molecule has 2 rings (SSSR count). The number of halogens is 1. The lowest BCUT2D eigenvalue weighted by molar-refractivity contribution is 0.407. The quantitative estimate of drug-likeness (QED) is 0.910. The predicted molar refractivity (Wildman–Crippen MR) is 69.4 cm³/mol. The van der Waals surface area contributed by atoms with Crippen molar-refractivity contribution in [1.82, 2.24) is 4.57 Å². The molecule has 2 aromatic rings. The first-order valence-electron chi connectivity index (χ1n) is 5.33. The predicted octanol–water partition coefficient (Wildman–Crippen LogP) is 2.74. The average molecular weight is 251 g/mol. The van der Waals surface area contributed by atoms with E-state index in [1.165, 1.54) is 0 Å². The monoisotopic (exact) mass is 250 g/mol. The number of rotatable bonds is 3. The van der Waals surface area contributed by atoms with Crippen molar-refractivity contribution in [2.24, 2.45) is 12.8 Å². The molecular formula is C13H15ClN2O. The number of ether oxygens (including phenoxy) is 1. The molecule has 0 spiro atoms. The molecule has 17 heavy (non-hydrogen) atoms. The van der Waals surface area contributed by atoms with Crippen LogP contribution >= 0.6 is 11.6 Å². The summed E-state index contributed by atoms with van der Waals surface area (Å²) in [7, 11) is 3.59. The Balaban J connectivity index is 2.46. The van der Waals surface area contributed by atoms with Gasteiger partial charge in [-0.2, -0.15) is 0 Å². The Bertz CT molecular complexity index is 522. The van der Waals surface area contributed by atoms with E-state index in [0.717, 1.165) is 17.0 Å². The van der Waals surface area contributed by atoms with Gasteiger partial charge < -0.3 is 15.0 Å². The molecule has 2 N–H and O–H groups in total. The zero-order chi connectivity index (χ0) is 12.4. The molecule has 4 heteroatoms. The van der Waals surface area contributed by atoms with Crippen LogP contribution in [0.15, 0.2) is 36.5 Å². The van der Waals surface area contributed by atoms with Crippen LogP contribution in [0.5, 0.6) is 5.75 Å². The van der Waals surface area contributed by atoms with Crippen LogP contribution in [0.3, 0.4) is 0 Å². The van der Waals surface area contributed by atoms with E-state index in [2.05, 4.69) is 0 Å². The molecule has 3 nitrogen and oxygen atoms in total. The molecule has 90 valence electrons. The van der Waals surface area contributed by atoms with Gasteiger partial charge in [-0.05, 0) is 30.3 Å². The van der Waals surface area contributed by atoms with Gasteiger partial charge in [-0.25, -0.2) is 0 Å². The first-order valence-corrected chi connectivity index (χ1v) is 5.71. The minimum atomic E-state index is -0.247. The maximum Gasteiger partial charge on any atom is 0.124 e. The minimum absolute atomic E-state index is 0.247. The molecule has 1 heterocycles. The van der Waals surface area contributed by atoms with Gasteiger partial charge in [0.25, 0.3) is 0 Å². The Labute approximate surface area is 106 Å². The van der Waals surface area contributed by atoms with Gasteiger partial charge in [0.1, 0.15) is 5.75 Å². The van der Waals surface area contributed by atoms with E-state index in [0.29, 0.717) is 5.02 Å². The molecule has 1 unspecified atom stereocenters. The number of hydrogen-bond acceptors (Lipinski definition) is 2. The van der Waals surface area contributed by atoms with Crippen molar-refractivity contribution in [2.45, 2.75) is 6.04 Å². The Hall–Kier alpha value is -1.45. The van der Waals surface area contributed by atoms with Crippen LogP contribution in [-0.4, -0.2) is 11.7 Å². The smallest absolute Gasteiger partial charge is 0.124 e. The van der Waals surface area contributed by atoms with Gasteiger partial charge >= 0.3 is 0 Å². The summed E-state index contributed by atoms with van der Waals surface area (Å²) in [4.78, 5) is 0. The van der Waals surface area contributed by atoms with E-state index in [4.69, 9.17) is 22.1 Å². The number of nitrogens with two attached hydrogens (primary N) is 1. The van der Waals surface area contributed by atoms with E-state index in [9.17, 15) is 0 Å². The van der Waals surface area contributed by atoms with E-state index < -0.39 is 0 Å². The number of benzene rings is 1. The van der Waals surface area contributed by atoms with Gasteiger partial charge in [-0.3, -0.25) is 0 Å². The molecule has 1 aromatic heterocycles. The van der Waals surface area contributed by atoms with Crippen LogP contribution in [-0.2, 0) is 7.05 Å². The topological polar surface area (TPSA) is 40.2 Å². The summed E-state index contributed by atoms with van der Waals surface area (Å²) >= 11 is 6.00. The lowest BCUT2D eigenvalue weighted by Crippen LogP contribution is -2.16. The fraction of sp³-hybridized carbons (Fsp3) is 0.231. The zero-order valence-electron chi connectivity index (χ0n) is 9.85. The first kappa shape index (κ1) is 12.0. The highest BCUT2D eigenvalue weighted by Gasteiger charge is 2.16. The molecule has 0 aliphatic carbocycles. The average Bonchev–Trinajstić information content (AvgIpc) is 2.74. The second-order valence-electron chi connectivity index (χ2n) is 3.91. The van der Waals surface area contributed by atoms with Gasteiger partial charge in [0, 0.05) is 29.5 Å². The molecule has 0 saturated heterocycles.